The molecule has 3 aromatic carbocycles. The highest BCUT2D eigenvalue weighted by Crippen LogP contribution is 2.52. The number of hydrogen-bond acceptors (Lipinski definition) is 4. The summed E-state index contributed by atoms with van der Waals surface area (Å²) in [6, 6.07) is 19.7. The summed E-state index contributed by atoms with van der Waals surface area (Å²) in [6.07, 6.45) is 6.40. The fraction of sp³-hybridized carbons (Fsp3) is 0.0833. The predicted octanol–water partition coefficient (Wildman–Crippen LogP) is 8.46. The van der Waals surface area contributed by atoms with Gasteiger partial charge in [-0.3, -0.25) is 0 Å². The number of halogens is 2. The maximum Gasteiger partial charge on any atom is 0.193 e. The van der Waals surface area contributed by atoms with Gasteiger partial charge in [0, 0.05) is 14.7 Å². The van der Waals surface area contributed by atoms with Gasteiger partial charge in [0.2, 0.25) is 0 Å². The standard InChI is InChI=1S/C24H18Br2N2O2/c25-15-7-1-3-9-17(15)27-19-11-5-13-21-23(19)29-22-14-6-12-20(24(22)30-21)28-18-10-4-2-8-16(18)26/h1,3,5-14,27-28H,2,4H2. The molecule has 1 heterocycles. The Labute approximate surface area is 191 Å². The molecule has 0 aromatic heterocycles. The molecule has 2 N–H and O–H groups in total. The van der Waals surface area contributed by atoms with E-state index in [2.05, 4.69) is 54.6 Å². The van der Waals surface area contributed by atoms with Gasteiger partial charge in [0.15, 0.2) is 23.0 Å². The van der Waals surface area contributed by atoms with E-state index >= 15 is 0 Å². The van der Waals surface area contributed by atoms with Crippen LogP contribution in [-0.2, 0) is 0 Å². The third kappa shape index (κ3) is 3.73. The van der Waals surface area contributed by atoms with Gasteiger partial charge in [-0.1, -0.05) is 36.4 Å². The zero-order chi connectivity index (χ0) is 20.5. The molecule has 0 fully saturated rings. The van der Waals surface area contributed by atoms with Gasteiger partial charge in [-0.05, 0) is 81.1 Å². The summed E-state index contributed by atoms with van der Waals surface area (Å²) < 4.78 is 14.6. The molecule has 4 nitrogen and oxygen atoms in total. The lowest BCUT2D eigenvalue weighted by atomic mass is 10.1. The Morgan fingerprint density at radius 3 is 1.90 bits per heavy atom. The van der Waals surface area contributed by atoms with Crippen molar-refractivity contribution in [3.63, 3.8) is 0 Å². The van der Waals surface area contributed by atoms with Crippen molar-refractivity contribution in [3.8, 4) is 23.0 Å². The van der Waals surface area contributed by atoms with Crippen LogP contribution >= 0.6 is 31.9 Å². The smallest absolute Gasteiger partial charge is 0.193 e. The van der Waals surface area contributed by atoms with Gasteiger partial charge < -0.3 is 20.1 Å². The minimum absolute atomic E-state index is 0.663. The van der Waals surface area contributed by atoms with Crippen molar-refractivity contribution in [1.82, 2.24) is 0 Å². The minimum atomic E-state index is 0.663. The van der Waals surface area contributed by atoms with E-state index in [9.17, 15) is 0 Å². The molecule has 6 heteroatoms. The fourth-order valence-corrected chi connectivity index (χ4v) is 4.30. The van der Waals surface area contributed by atoms with Crippen molar-refractivity contribution < 1.29 is 9.47 Å². The first-order valence-electron chi connectivity index (χ1n) is 9.65. The third-order valence-corrected chi connectivity index (χ3v) is 6.33. The number of benzene rings is 3. The summed E-state index contributed by atoms with van der Waals surface area (Å²) in [5.41, 5.74) is 3.69. The lowest BCUT2D eigenvalue weighted by Crippen LogP contribution is -2.07. The van der Waals surface area contributed by atoms with E-state index in [4.69, 9.17) is 9.47 Å². The second-order valence-corrected chi connectivity index (χ2v) is 8.66. The molecule has 3 aromatic rings. The number of anilines is 3. The van der Waals surface area contributed by atoms with E-state index in [-0.39, 0.29) is 0 Å². The van der Waals surface area contributed by atoms with Gasteiger partial charge in [0.1, 0.15) is 0 Å². The van der Waals surface area contributed by atoms with E-state index in [0.717, 1.165) is 44.6 Å². The molecule has 0 unspecified atom stereocenters. The van der Waals surface area contributed by atoms with E-state index in [1.807, 2.05) is 60.7 Å². The van der Waals surface area contributed by atoms with Crippen LogP contribution in [0, 0.1) is 0 Å². The molecule has 1 aliphatic carbocycles. The van der Waals surface area contributed by atoms with Crippen molar-refractivity contribution >= 4 is 48.9 Å². The molecular formula is C24H18Br2N2O2. The normalized spacial score (nSPS) is 14.3. The molecule has 0 amide bonds. The second kappa shape index (κ2) is 8.20. The maximum atomic E-state index is 6.29. The molecule has 0 atom stereocenters. The average molecular weight is 526 g/mol. The van der Waals surface area contributed by atoms with Crippen LogP contribution in [0.2, 0.25) is 0 Å². The van der Waals surface area contributed by atoms with Crippen LogP contribution in [0.25, 0.3) is 0 Å². The molecule has 1 aliphatic heterocycles. The molecular weight excluding hydrogens is 508 g/mol. The van der Waals surface area contributed by atoms with Crippen LogP contribution in [0.15, 0.2) is 87.5 Å². The van der Waals surface area contributed by atoms with Gasteiger partial charge in [0.25, 0.3) is 0 Å². The van der Waals surface area contributed by atoms with Crippen LogP contribution in [0.1, 0.15) is 12.8 Å². The first-order valence-corrected chi connectivity index (χ1v) is 11.2. The molecule has 0 saturated carbocycles. The van der Waals surface area contributed by atoms with Gasteiger partial charge in [-0.2, -0.15) is 0 Å². The highest BCUT2D eigenvalue weighted by atomic mass is 79.9. The monoisotopic (exact) mass is 524 g/mol. The largest absolute Gasteiger partial charge is 0.447 e. The van der Waals surface area contributed by atoms with Gasteiger partial charge in [0.05, 0.1) is 17.1 Å². The van der Waals surface area contributed by atoms with Crippen LogP contribution in [0.4, 0.5) is 17.1 Å². The minimum Gasteiger partial charge on any atom is -0.447 e. The molecule has 0 spiro atoms. The number of hydrogen-bond donors (Lipinski definition) is 2. The molecule has 30 heavy (non-hydrogen) atoms. The average Bonchev–Trinajstić information content (AvgIpc) is 2.76. The third-order valence-electron chi connectivity index (χ3n) is 4.89. The molecule has 5 rings (SSSR count). The summed E-state index contributed by atoms with van der Waals surface area (Å²) in [6.45, 7) is 0. The number of allylic oxidation sites excluding steroid dienone is 3. The van der Waals surface area contributed by atoms with Gasteiger partial charge >= 0.3 is 0 Å². The Kier molecular flexibility index (Phi) is 5.27. The highest BCUT2D eigenvalue weighted by Gasteiger charge is 2.25. The summed E-state index contributed by atoms with van der Waals surface area (Å²) in [5.74, 6) is 2.68. The number of nitrogens with one attached hydrogen (secondary N) is 2. The van der Waals surface area contributed by atoms with Crippen LogP contribution in [0.5, 0.6) is 23.0 Å². The van der Waals surface area contributed by atoms with Crippen molar-refractivity contribution in [2.45, 2.75) is 12.8 Å². The summed E-state index contributed by atoms with van der Waals surface area (Å²) in [7, 11) is 0. The van der Waals surface area contributed by atoms with E-state index in [1.54, 1.807) is 0 Å². The Balaban J connectivity index is 1.47. The Morgan fingerprint density at radius 1 is 0.633 bits per heavy atom. The molecule has 150 valence electrons. The zero-order valence-corrected chi connectivity index (χ0v) is 19.1. The SMILES string of the molecule is BrC1=CCCC=C1Nc1cccc2c1Oc1cccc(Nc3ccccc3Br)c1O2. The number of fused-ring (bicyclic) bond motifs is 2. The predicted molar refractivity (Wildman–Crippen MR) is 128 cm³/mol. The van der Waals surface area contributed by atoms with E-state index < -0.39 is 0 Å². The van der Waals surface area contributed by atoms with Crippen LogP contribution in [0.3, 0.4) is 0 Å². The molecule has 0 radical (unpaired) electrons. The summed E-state index contributed by atoms with van der Waals surface area (Å²) in [4.78, 5) is 0. The highest BCUT2D eigenvalue weighted by molar-refractivity contribution is 9.12. The lowest BCUT2D eigenvalue weighted by molar-refractivity contribution is 0.362. The summed E-state index contributed by atoms with van der Waals surface area (Å²) >= 11 is 7.21. The first-order chi connectivity index (χ1) is 14.7. The van der Waals surface area contributed by atoms with Gasteiger partial charge in [-0.25, -0.2) is 0 Å². The van der Waals surface area contributed by atoms with Crippen molar-refractivity contribution in [2.75, 3.05) is 10.6 Å². The Bertz CT molecular complexity index is 1190. The van der Waals surface area contributed by atoms with Crippen molar-refractivity contribution in [3.05, 3.63) is 87.5 Å². The Morgan fingerprint density at radius 2 is 1.23 bits per heavy atom. The van der Waals surface area contributed by atoms with E-state index in [0.29, 0.717) is 23.0 Å². The Hall–Kier alpha value is -2.70. The number of rotatable bonds is 4. The first kappa shape index (κ1) is 19.3. The molecule has 2 aliphatic rings. The second-order valence-electron chi connectivity index (χ2n) is 6.95. The van der Waals surface area contributed by atoms with E-state index in [1.165, 1.54) is 0 Å². The van der Waals surface area contributed by atoms with Crippen LogP contribution in [-0.4, -0.2) is 0 Å². The van der Waals surface area contributed by atoms with Crippen molar-refractivity contribution in [1.29, 1.82) is 0 Å². The number of para-hydroxylation sites is 3. The summed E-state index contributed by atoms with van der Waals surface area (Å²) in [5, 5.41) is 6.90. The fourth-order valence-electron chi connectivity index (χ4n) is 3.43. The van der Waals surface area contributed by atoms with Gasteiger partial charge in [-0.15, -0.1) is 0 Å². The van der Waals surface area contributed by atoms with Crippen molar-refractivity contribution in [2.24, 2.45) is 0 Å². The molecule has 0 bridgehead atoms. The number of ether oxygens (including phenoxy) is 2. The zero-order valence-electron chi connectivity index (χ0n) is 15.9. The molecule has 0 saturated heterocycles. The topological polar surface area (TPSA) is 42.5 Å². The lowest BCUT2D eigenvalue weighted by Gasteiger charge is -2.26. The quantitative estimate of drug-likeness (QED) is 0.280. The van der Waals surface area contributed by atoms with Crippen LogP contribution < -0.4 is 20.1 Å². The maximum absolute atomic E-state index is 6.29.